The van der Waals surface area contributed by atoms with Crippen molar-refractivity contribution in [2.75, 3.05) is 13.7 Å². The first-order chi connectivity index (χ1) is 9.81. The van der Waals surface area contributed by atoms with Crippen molar-refractivity contribution in [1.29, 1.82) is 0 Å². The minimum absolute atomic E-state index is 0.0915. The molecule has 0 aromatic rings. The number of hydrogen-bond donors (Lipinski definition) is 2. The molecule has 0 heterocycles. The van der Waals surface area contributed by atoms with Crippen LogP contribution in [0, 0.1) is 0 Å². The second-order valence-corrected chi connectivity index (χ2v) is 6.45. The SMILES string of the molecule is COC(=O)C(COC(C)(C)C)NC(=O)NC1CCCCC1. The van der Waals surface area contributed by atoms with Crippen molar-refractivity contribution in [1.82, 2.24) is 10.6 Å². The Balaban J connectivity index is 2.46. The van der Waals surface area contributed by atoms with Crippen LogP contribution >= 0.6 is 0 Å². The molecule has 6 nitrogen and oxygen atoms in total. The monoisotopic (exact) mass is 300 g/mol. The third kappa shape index (κ3) is 7.32. The number of esters is 1. The standard InChI is InChI=1S/C15H28N2O4/c1-15(2,3)21-10-12(13(18)20-4)17-14(19)16-11-8-6-5-7-9-11/h11-12H,5-10H2,1-4H3,(H2,16,17,19). The summed E-state index contributed by atoms with van der Waals surface area (Å²) in [6.45, 7) is 5.77. The van der Waals surface area contributed by atoms with Crippen molar-refractivity contribution in [2.24, 2.45) is 0 Å². The average Bonchev–Trinajstić information content (AvgIpc) is 2.42. The molecular weight excluding hydrogens is 272 g/mol. The summed E-state index contributed by atoms with van der Waals surface area (Å²) in [6.07, 6.45) is 5.49. The summed E-state index contributed by atoms with van der Waals surface area (Å²) in [5, 5.41) is 5.55. The first-order valence-electron chi connectivity index (χ1n) is 7.60. The normalized spacial score (nSPS) is 17.9. The molecule has 0 bridgehead atoms. The molecule has 1 fully saturated rings. The van der Waals surface area contributed by atoms with E-state index in [9.17, 15) is 9.59 Å². The van der Waals surface area contributed by atoms with Gasteiger partial charge in [-0.25, -0.2) is 9.59 Å². The number of carbonyl (C=O) groups excluding carboxylic acids is 2. The largest absolute Gasteiger partial charge is 0.467 e. The van der Waals surface area contributed by atoms with E-state index in [1.165, 1.54) is 13.5 Å². The molecule has 1 unspecified atom stereocenters. The summed E-state index contributed by atoms with van der Waals surface area (Å²) < 4.78 is 10.3. The zero-order chi connectivity index (χ0) is 15.9. The van der Waals surface area contributed by atoms with Crippen molar-refractivity contribution in [3.63, 3.8) is 0 Å². The van der Waals surface area contributed by atoms with Gasteiger partial charge in [-0.15, -0.1) is 0 Å². The van der Waals surface area contributed by atoms with E-state index >= 15 is 0 Å². The molecule has 1 aliphatic carbocycles. The van der Waals surface area contributed by atoms with Crippen LogP contribution in [0.25, 0.3) is 0 Å². The smallest absolute Gasteiger partial charge is 0.330 e. The summed E-state index contributed by atoms with van der Waals surface area (Å²) in [4.78, 5) is 23.7. The lowest BCUT2D eigenvalue weighted by Gasteiger charge is -2.26. The van der Waals surface area contributed by atoms with Crippen LogP contribution in [0.5, 0.6) is 0 Å². The van der Waals surface area contributed by atoms with Gasteiger partial charge >= 0.3 is 12.0 Å². The van der Waals surface area contributed by atoms with Gasteiger partial charge in [0.25, 0.3) is 0 Å². The minimum Gasteiger partial charge on any atom is -0.467 e. The molecule has 1 saturated carbocycles. The highest BCUT2D eigenvalue weighted by molar-refractivity contribution is 5.83. The predicted octanol–water partition coefficient (Wildman–Crippen LogP) is 1.97. The molecule has 0 radical (unpaired) electrons. The van der Waals surface area contributed by atoms with E-state index < -0.39 is 12.0 Å². The Morgan fingerprint density at radius 2 is 1.81 bits per heavy atom. The van der Waals surface area contributed by atoms with Gasteiger partial charge in [0.15, 0.2) is 6.04 Å². The maximum Gasteiger partial charge on any atom is 0.330 e. The summed E-state index contributed by atoms with van der Waals surface area (Å²) in [5.41, 5.74) is -0.381. The Labute approximate surface area is 126 Å². The number of rotatable bonds is 5. The molecular formula is C15H28N2O4. The average molecular weight is 300 g/mol. The lowest BCUT2D eigenvalue weighted by Crippen LogP contribution is -2.52. The van der Waals surface area contributed by atoms with Gasteiger partial charge in [-0.1, -0.05) is 19.3 Å². The molecule has 21 heavy (non-hydrogen) atoms. The Morgan fingerprint density at radius 3 is 2.33 bits per heavy atom. The second-order valence-electron chi connectivity index (χ2n) is 6.45. The number of amides is 2. The van der Waals surface area contributed by atoms with Crippen LogP contribution in [-0.4, -0.2) is 43.4 Å². The minimum atomic E-state index is -0.794. The molecule has 0 aromatic carbocycles. The molecule has 1 rings (SSSR count). The molecule has 0 aliphatic heterocycles. The summed E-state index contributed by atoms with van der Waals surface area (Å²) in [5.74, 6) is -0.502. The van der Waals surface area contributed by atoms with Gasteiger partial charge in [0.05, 0.1) is 19.3 Å². The van der Waals surface area contributed by atoms with Crippen LogP contribution < -0.4 is 10.6 Å². The highest BCUT2D eigenvalue weighted by Gasteiger charge is 2.25. The highest BCUT2D eigenvalue weighted by Crippen LogP contribution is 2.17. The van der Waals surface area contributed by atoms with E-state index in [1.54, 1.807) is 0 Å². The first-order valence-corrected chi connectivity index (χ1v) is 7.60. The maximum absolute atomic E-state index is 12.0. The molecule has 0 spiro atoms. The zero-order valence-electron chi connectivity index (χ0n) is 13.5. The number of methoxy groups -OCH3 is 1. The van der Waals surface area contributed by atoms with E-state index in [2.05, 4.69) is 10.6 Å². The Morgan fingerprint density at radius 1 is 1.19 bits per heavy atom. The summed E-state index contributed by atoms with van der Waals surface area (Å²) in [6, 6.07) is -0.937. The third-order valence-electron chi connectivity index (χ3n) is 3.41. The van der Waals surface area contributed by atoms with Crippen molar-refractivity contribution in [2.45, 2.75) is 70.6 Å². The number of nitrogens with one attached hydrogen (secondary N) is 2. The Kier molecular flexibility index (Phi) is 6.95. The fourth-order valence-electron chi connectivity index (χ4n) is 2.28. The lowest BCUT2D eigenvalue weighted by molar-refractivity contribution is -0.146. The fourth-order valence-corrected chi connectivity index (χ4v) is 2.28. The highest BCUT2D eigenvalue weighted by atomic mass is 16.5. The van der Waals surface area contributed by atoms with Crippen LogP contribution in [-0.2, 0) is 14.3 Å². The fraction of sp³-hybridized carbons (Fsp3) is 0.867. The predicted molar refractivity (Wildman–Crippen MR) is 80.0 cm³/mol. The number of hydrogen-bond acceptors (Lipinski definition) is 4. The number of ether oxygens (including phenoxy) is 2. The van der Waals surface area contributed by atoms with Gasteiger partial charge in [-0.3, -0.25) is 0 Å². The van der Waals surface area contributed by atoms with E-state index in [1.807, 2.05) is 20.8 Å². The van der Waals surface area contributed by atoms with Gasteiger partial charge in [-0.2, -0.15) is 0 Å². The quantitative estimate of drug-likeness (QED) is 0.761. The molecule has 0 aromatic heterocycles. The van der Waals surface area contributed by atoms with Gasteiger partial charge < -0.3 is 20.1 Å². The van der Waals surface area contributed by atoms with E-state index in [0.717, 1.165) is 25.7 Å². The molecule has 6 heteroatoms. The van der Waals surface area contributed by atoms with Crippen molar-refractivity contribution >= 4 is 12.0 Å². The van der Waals surface area contributed by atoms with E-state index in [-0.39, 0.29) is 24.3 Å². The second kappa shape index (κ2) is 8.22. The first kappa shape index (κ1) is 17.8. The van der Waals surface area contributed by atoms with E-state index in [0.29, 0.717) is 0 Å². The number of carbonyl (C=O) groups is 2. The van der Waals surface area contributed by atoms with Gasteiger partial charge in [0.1, 0.15) is 0 Å². The van der Waals surface area contributed by atoms with Crippen LogP contribution in [0.15, 0.2) is 0 Å². The van der Waals surface area contributed by atoms with Crippen LogP contribution in [0.4, 0.5) is 4.79 Å². The summed E-state index contributed by atoms with van der Waals surface area (Å²) >= 11 is 0. The van der Waals surface area contributed by atoms with Crippen LogP contribution in [0.1, 0.15) is 52.9 Å². The van der Waals surface area contributed by atoms with Crippen LogP contribution in [0.3, 0.4) is 0 Å². The Hall–Kier alpha value is -1.30. The molecule has 122 valence electrons. The number of urea groups is 1. The van der Waals surface area contributed by atoms with Gasteiger partial charge in [-0.05, 0) is 33.6 Å². The molecule has 1 atom stereocenters. The maximum atomic E-state index is 12.0. The van der Waals surface area contributed by atoms with Crippen molar-refractivity contribution in [3.8, 4) is 0 Å². The molecule has 1 aliphatic rings. The molecule has 2 N–H and O–H groups in total. The zero-order valence-corrected chi connectivity index (χ0v) is 13.5. The topological polar surface area (TPSA) is 76.7 Å². The van der Waals surface area contributed by atoms with Crippen molar-refractivity contribution < 1.29 is 19.1 Å². The van der Waals surface area contributed by atoms with Crippen molar-refractivity contribution in [3.05, 3.63) is 0 Å². The Bertz CT molecular complexity index is 346. The molecule has 2 amide bonds. The van der Waals surface area contributed by atoms with Gasteiger partial charge in [0.2, 0.25) is 0 Å². The lowest BCUT2D eigenvalue weighted by atomic mass is 9.96. The molecule has 0 saturated heterocycles. The van der Waals surface area contributed by atoms with Crippen LogP contribution in [0.2, 0.25) is 0 Å². The summed E-state index contributed by atoms with van der Waals surface area (Å²) in [7, 11) is 1.30. The van der Waals surface area contributed by atoms with Gasteiger partial charge in [0, 0.05) is 6.04 Å². The third-order valence-corrected chi connectivity index (χ3v) is 3.41. The van der Waals surface area contributed by atoms with E-state index in [4.69, 9.17) is 9.47 Å².